The van der Waals surface area contributed by atoms with Crippen molar-refractivity contribution in [3.63, 3.8) is 0 Å². The molecule has 0 aromatic carbocycles. The standard InChI is InChI=1S/C14H19N3O4/c15-7-9-2-1-5-16(9)13(19)12-8-3-4-11(18)10(6-8)17(12)14(20)21/h8-12,18H,1-6H2,(H,20,21)/t8-,9+,10-,11-,12+/m1/s1. The van der Waals surface area contributed by atoms with Crippen LogP contribution in [-0.2, 0) is 4.79 Å². The van der Waals surface area contributed by atoms with Crippen LogP contribution in [0.15, 0.2) is 0 Å². The molecule has 2 bridgehead atoms. The molecule has 1 saturated carbocycles. The first-order chi connectivity index (χ1) is 10.0. The highest BCUT2D eigenvalue weighted by Gasteiger charge is 2.54. The third kappa shape index (κ3) is 2.14. The van der Waals surface area contributed by atoms with Crippen LogP contribution in [0.1, 0.15) is 32.1 Å². The SMILES string of the molecule is N#C[C@@H]1CCCN1C(=O)[C@@H]1[C@@H]2CC[C@@H](O)[C@@H](C2)N1C(=O)O. The van der Waals surface area contributed by atoms with Crippen molar-refractivity contribution in [3.05, 3.63) is 0 Å². The smallest absolute Gasteiger partial charge is 0.408 e. The van der Waals surface area contributed by atoms with Gasteiger partial charge in [-0.3, -0.25) is 9.69 Å². The first kappa shape index (κ1) is 14.1. The minimum absolute atomic E-state index is 0.0399. The van der Waals surface area contributed by atoms with E-state index in [0.717, 1.165) is 11.3 Å². The Labute approximate surface area is 122 Å². The summed E-state index contributed by atoms with van der Waals surface area (Å²) in [5.74, 6) is -0.301. The maximum absolute atomic E-state index is 12.8. The fourth-order valence-corrected chi connectivity index (χ4v) is 4.10. The Morgan fingerprint density at radius 3 is 2.67 bits per heavy atom. The summed E-state index contributed by atoms with van der Waals surface area (Å²) in [6.45, 7) is 0.515. The Kier molecular flexibility index (Phi) is 3.49. The molecular weight excluding hydrogens is 274 g/mol. The number of nitrogens with zero attached hydrogens (tertiary/aromatic N) is 3. The van der Waals surface area contributed by atoms with Crippen LogP contribution in [0.2, 0.25) is 0 Å². The fourth-order valence-electron chi connectivity index (χ4n) is 4.10. The number of hydrogen-bond acceptors (Lipinski definition) is 4. The molecule has 1 aliphatic carbocycles. The highest BCUT2D eigenvalue weighted by molar-refractivity contribution is 5.87. The lowest BCUT2D eigenvalue weighted by molar-refractivity contribution is -0.137. The highest BCUT2D eigenvalue weighted by Crippen LogP contribution is 2.41. The zero-order valence-corrected chi connectivity index (χ0v) is 11.7. The normalized spacial score (nSPS) is 38.4. The van der Waals surface area contributed by atoms with Crippen molar-refractivity contribution in [1.29, 1.82) is 5.26 Å². The van der Waals surface area contributed by atoms with E-state index in [1.54, 1.807) is 0 Å². The van der Waals surface area contributed by atoms with Gasteiger partial charge in [0, 0.05) is 6.54 Å². The average molecular weight is 293 g/mol. The van der Waals surface area contributed by atoms with Crippen LogP contribution in [0.5, 0.6) is 0 Å². The minimum atomic E-state index is -1.16. The minimum Gasteiger partial charge on any atom is -0.465 e. The molecule has 2 heterocycles. The quantitative estimate of drug-likeness (QED) is 0.727. The van der Waals surface area contributed by atoms with Crippen molar-refractivity contribution in [1.82, 2.24) is 9.80 Å². The lowest BCUT2D eigenvalue weighted by Gasteiger charge is -2.31. The lowest BCUT2D eigenvalue weighted by Crippen LogP contribution is -2.53. The van der Waals surface area contributed by atoms with Crippen LogP contribution in [-0.4, -0.2) is 62.8 Å². The van der Waals surface area contributed by atoms with E-state index in [-0.39, 0.29) is 11.8 Å². The van der Waals surface area contributed by atoms with Crippen molar-refractivity contribution < 1.29 is 19.8 Å². The van der Waals surface area contributed by atoms with Gasteiger partial charge >= 0.3 is 6.09 Å². The first-order valence-electron chi connectivity index (χ1n) is 7.44. The summed E-state index contributed by atoms with van der Waals surface area (Å²) in [7, 11) is 0. The van der Waals surface area contributed by atoms with E-state index in [1.165, 1.54) is 4.90 Å². The topological polar surface area (TPSA) is 105 Å². The van der Waals surface area contributed by atoms with Gasteiger partial charge < -0.3 is 15.1 Å². The van der Waals surface area contributed by atoms with Gasteiger partial charge in [-0.15, -0.1) is 0 Å². The van der Waals surface area contributed by atoms with Crippen molar-refractivity contribution in [2.45, 2.75) is 56.3 Å². The molecule has 2 amide bonds. The first-order valence-corrected chi connectivity index (χ1v) is 7.44. The molecule has 21 heavy (non-hydrogen) atoms. The average Bonchev–Trinajstić information content (AvgIpc) is 3.05. The van der Waals surface area contributed by atoms with Crippen molar-refractivity contribution in [3.8, 4) is 6.07 Å². The summed E-state index contributed by atoms with van der Waals surface area (Å²) < 4.78 is 0. The number of carbonyl (C=O) groups excluding carboxylic acids is 1. The zero-order valence-electron chi connectivity index (χ0n) is 11.7. The summed E-state index contributed by atoms with van der Waals surface area (Å²) in [6, 6.07) is 0.450. The summed E-state index contributed by atoms with van der Waals surface area (Å²) in [4.78, 5) is 27.0. The molecule has 0 unspecified atom stereocenters. The van der Waals surface area contributed by atoms with Crippen LogP contribution in [0.3, 0.4) is 0 Å². The number of rotatable bonds is 1. The molecule has 0 aromatic rings. The predicted octanol–water partition coefficient (Wildman–Crippen LogP) is 0.393. The van der Waals surface area contributed by atoms with Crippen molar-refractivity contribution in [2.24, 2.45) is 5.92 Å². The Balaban J connectivity index is 1.87. The maximum Gasteiger partial charge on any atom is 0.408 e. The maximum atomic E-state index is 12.8. The molecule has 0 radical (unpaired) electrons. The van der Waals surface area contributed by atoms with E-state index in [2.05, 4.69) is 6.07 Å². The van der Waals surface area contributed by atoms with Gasteiger partial charge in [0.1, 0.15) is 12.1 Å². The number of amides is 2. The number of aliphatic hydroxyl groups is 1. The molecule has 0 aromatic heterocycles. The number of likely N-dealkylation sites (tertiary alicyclic amines) is 2. The molecule has 114 valence electrons. The highest BCUT2D eigenvalue weighted by atomic mass is 16.4. The van der Waals surface area contributed by atoms with Crippen LogP contribution < -0.4 is 0 Å². The van der Waals surface area contributed by atoms with Crippen molar-refractivity contribution in [2.75, 3.05) is 6.54 Å². The summed E-state index contributed by atoms with van der Waals surface area (Å²) in [6.07, 6.45) is 1.30. The third-order valence-corrected chi connectivity index (χ3v) is 5.08. The number of hydrogen-bond donors (Lipinski definition) is 2. The van der Waals surface area contributed by atoms with Gasteiger partial charge in [-0.25, -0.2) is 4.79 Å². The molecule has 3 aliphatic rings. The monoisotopic (exact) mass is 293 g/mol. The Morgan fingerprint density at radius 2 is 2.00 bits per heavy atom. The van der Waals surface area contributed by atoms with E-state index in [9.17, 15) is 19.8 Å². The molecule has 2 aliphatic heterocycles. The van der Waals surface area contributed by atoms with Crippen LogP contribution >= 0.6 is 0 Å². The van der Waals surface area contributed by atoms with Crippen LogP contribution in [0, 0.1) is 17.2 Å². The molecule has 0 spiro atoms. The van der Waals surface area contributed by atoms with Crippen molar-refractivity contribution >= 4 is 12.0 Å². The van der Waals surface area contributed by atoms with Gasteiger partial charge in [-0.05, 0) is 38.0 Å². The lowest BCUT2D eigenvalue weighted by atomic mass is 9.85. The van der Waals surface area contributed by atoms with E-state index >= 15 is 0 Å². The Hall–Kier alpha value is -1.81. The number of carboxylic acid groups (broad SMARTS) is 1. The van der Waals surface area contributed by atoms with Gasteiger partial charge in [0.25, 0.3) is 0 Å². The second-order valence-electron chi connectivity index (χ2n) is 6.16. The molecule has 3 fully saturated rings. The largest absolute Gasteiger partial charge is 0.465 e. The molecular formula is C14H19N3O4. The molecule has 2 N–H and O–H groups in total. The van der Waals surface area contributed by atoms with Crippen LogP contribution in [0.4, 0.5) is 4.79 Å². The Morgan fingerprint density at radius 1 is 1.24 bits per heavy atom. The number of fused-ring (bicyclic) bond motifs is 2. The molecule has 7 nitrogen and oxygen atoms in total. The van der Waals surface area contributed by atoms with Gasteiger partial charge in [-0.2, -0.15) is 5.26 Å². The molecule has 3 rings (SSSR count). The van der Waals surface area contributed by atoms with Gasteiger partial charge in [0.2, 0.25) is 5.91 Å². The third-order valence-electron chi connectivity index (χ3n) is 5.08. The summed E-state index contributed by atoms with van der Waals surface area (Å²) in [5.41, 5.74) is 0. The fraction of sp³-hybridized carbons (Fsp3) is 0.786. The number of carbonyl (C=O) groups is 2. The molecule has 7 heteroatoms. The van der Waals surface area contributed by atoms with E-state index < -0.39 is 30.3 Å². The van der Waals surface area contributed by atoms with E-state index in [1.807, 2.05) is 0 Å². The van der Waals surface area contributed by atoms with Crippen LogP contribution in [0.25, 0.3) is 0 Å². The predicted molar refractivity (Wildman–Crippen MR) is 71.1 cm³/mol. The second kappa shape index (κ2) is 5.19. The van der Waals surface area contributed by atoms with Gasteiger partial charge in [-0.1, -0.05) is 0 Å². The second-order valence-corrected chi connectivity index (χ2v) is 6.16. The summed E-state index contributed by atoms with van der Waals surface area (Å²) in [5, 5.41) is 28.6. The van der Waals surface area contributed by atoms with Gasteiger partial charge in [0.05, 0.1) is 18.2 Å². The Bertz CT molecular complexity index is 503. The zero-order chi connectivity index (χ0) is 15.1. The molecule has 2 saturated heterocycles. The van der Waals surface area contributed by atoms with Gasteiger partial charge in [0.15, 0.2) is 0 Å². The summed E-state index contributed by atoms with van der Waals surface area (Å²) >= 11 is 0. The molecule has 5 atom stereocenters. The number of nitriles is 1. The van der Waals surface area contributed by atoms with E-state index in [4.69, 9.17) is 5.26 Å². The van der Waals surface area contributed by atoms with E-state index in [0.29, 0.717) is 32.2 Å². The number of aliphatic hydroxyl groups excluding tert-OH is 1.